The standard InChI is InChI=1S/C12H26N2O/c1-10-8-11(6-7-13-10)15-9-12(2,3)14(4)5/h10-11,13H,6-9H2,1-5H3. The van der Waals surface area contributed by atoms with Gasteiger partial charge in [0.25, 0.3) is 0 Å². The lowest BCUT2D eigenvalue weighted by atomic mass is 10.0. The van der Waals surface area contributed by atoms with Crippen LogP contribution in [0.5, 0.6) is 0 Å². The summed E-state index contributed by atoms with van der Waals surface area (Å²) in [5.41, 5.74) is 0.133. The highest BCUT2D eigenvalue weighted by Gasteiger charge is 2.25. The van der Waals surface area contributed by atoms with Crippen molar-refractivity contribution in [2.75, 3.05) is 27.2 Å². The number of hydrogen-bond donors (Lipinski definition) is 1. The average Bonchev–Trinajstić information content (AvgIpc) is 2.15. The van der Waals surface area contributed by atoms with E-state index in [-0.39, 0.29) is 5.54 Å². The molecule has 0 aromatic carbocycles. The molecular formula is C12H26N2O. The van der Waals surface area contributed by atoms with Crippen LogP contribution in [-0.4, -0.2) is 49.8 Å². The fraction of sp³-hybridized carbons (Fsp3) is 1.00. The molecule has 3 nitrogen and oxygen atoms in total. The minimum Gasteiger partial charge on any atom is -0.376 e. The summed E-state index contributed by atoms with van der Waals surface area (Å²) >= 11 is 0. The molecule has 0 aliphatic carbocycles. The lowest BCUT2D eigenvalue weighted by molar-refractivity contribution is -0.0284. The summed E-state index contributed by atoms with van der Waals surface area (Å²) in [7, 11) is 4.21. The maximum atomic E-state index is 6.00. The monoisotopic (exact) mass is 214 g/mol. The third-order valence-electron chi connectivity index (χ3n) is 3.46. The second kappa shape index (κ2) is 5.28. The fourth-order valence-corrected chi connectivity index (χ4v) is 1.69. The van der Waals surface area contributed by atoms with Gasteiger partial charge in [-0.25, -0.2) is 0 Å². The number of hydrogen-bond acceptors (Lipinski definition) is 3. The van der Waals surface area contributed by atoms with E-state index in [1.165, 1.54) is 0 Å². The lowest BCUT2D eigenvalue weighted by Gasteiger charge is -2.35. The van der Waals surface area contributed by atoms with Gasteiger partial charge in [-0.3, -0.25) is 0 Å². The zero-order valence-electron chi connectivity index (χ0n) is 10.8. The molecule has 0 spiro atoms. The first-order valence-corrected chi connectivity index (χ1v) is 5.94. The molecule has 0 amide bonds. The van der Waals surface area contributed by atoms with Crippen LogP contribution in [0.4, 0.5) is 0 Å². The highest BCUT2D eigenvalue weighted by atomic mass is 16.5. The minimum absolute atomic E-state index is 0.133. The van der Waals surface area contributed by atoms with Crippen molar-refractivity contribution < 1.29 is 4.74 Å². The first-order chi connectivity index (χ1) is 6.92. The van der Waals surface area contributed by atoms with E-state index in [0.717, 1.165) is 26.0 Å². The number of nitrogens with zero attached hydrogens (tertiary/aromatic N) is 1. The van der Waals surface area contributed by atoms with Gasteiger partial charge in [0, 0.05) is 11.6 Å². The molecule has 2 atom stereocenters. The average molecular weight is 214 g/mol. The summed E-state index contributed by atoms with van der Waals surface area (Å²) in [6.45, 7) is 8.58. The van der Waals surface area contributed by atoms with Gasteiger partial charge in [0.1, 0.15) is 0 Å². The summed E-state index contributed by atoms with van der Waals surface area (Å²) in [6.07, 6.45) is 2.73. The predicted molar refractivity (Wildman–Crippen MR) is 64.2 cm³/mol. The molecule has 0 aromatic rings. The van der Waals surface area contributed by atoms with Crippen LogP contribution in [0.15, 0.2) is 0 Å². The highest BCUT2D eigenvalue weighted by Crippen LogP contribution is 2.16. The maximum absolute atomic E-state index is 6.00. The normalized spacial score (nSPS) is 28.4. The van der Waals surface area contributed by atoms with Crippen LogP contribution in [0.1, 0.15) is 33.6 Å². The number of piperidine rings is 1. The first-order valence-electron chi connectivity index (χ1n) is 5.94. The van der Waals surface area contributed by atoms with Crippen LogP contribution >= 0.6 is 0 Å². The van der Waals surface area contributed by atoms with Gasteiger partial charge < -0.3 is 15.0 Å². The van der Waals surface area contributed by atoms with Gasteiger partial charge in [0.15, 0.2) is 0 Å². The van der Waals surface area contributed by atoms with E-state index in [2.05, 4.69) is 45.1 Å². The van der Waals surface area contributed by atoms with E-state index < -0.39 is 0 Å². The topological polar surface area (TPSA) is 24.5 Å². The van der Waals surface area contributed by atoms with Gasteiger partial charge in [-0.05, 0) is 54.3 Å². The van der Waals surface area contributed by atoms with Crippen molar-refractivity contribution in [3.8, 4) is 0 Å². The zero-order chi connectivity index (χ0) is 11.5. The fourth-order valence-electron chi connectivity index (χ4n) is 1.69. The summed E-state index contributed by atoms with van der Waals surface area (Å²) in [6, 6.07) is 0.603. The molecule has 0 bridgehead atoms. The van der Waals surface area contributed by atoms with Gasteiger partial charge in [0.05, 0.1) is 12.7 Å². The van der Waals surface area contributed by atoms with Crippen LogP contribution in [-0.2, 0) is 4.74 Å². The molecule has 0 saturated carbocycles. The van der Waals surface area contributed by atoms with Gasteiger partial charge in [-0.1, -0.05) is 0 Å². The third-order valence-corrected chi connectivity index (χ3v) is 3.46. The van der Waals surface area contributed by atoms with Crippen LogP contribution in [0.2, 0.25) is 0 Å². The van der Waals surface area contributed by atoms with Crippen molar-refractivity contribution in [3.05, 3.63) is 0 Å². The maximum Gasteiger partial charge on any atom is 0.0648 e. The van der Waals surface area contributed by atoms with Gasteiger partial charge in [-0.15, -0.1) is 0 Å². The molecule has 1 N–H and O–H groups in total. The van der Waals surface area contributed by atoms with Gasteiger partial charge in [-0.2, -0.15) is 0 Å². The Hall–Kier alpha value is -0.120. The molecule has 90 valence electrons. The molecule has 1 saturated heterocycles. The van der Waals surface area contributed by atoms with E-state index >= 15 is 0 Å². The summed E-state index contributed by atoms with van der Waals surface area (Å²) in [5, 5.41) is 3.44. The molecule has 15 heavy (non-hydrogen) atoms. The molecule has 1 fully saturated rings. The minimum atomic E-state index is 0.133. The Morgan fingerprint density at radius 3 is 2.60 bits per heavy atom. The molecule has 2 unspecified atom stereocenters. The Morgan fingerprint density at radius 2 is 2.07 bits per heavy atom. The van der Waals surface area contributed by atoms with Crippen LogP contribution in [0, 0.1) is 0 Å². The largest absolute Gasteiger partial charge is 0.376 e. The van der Waals surface area contributed by atoms with Crippen LogP contribution in [0.3, 0.4) is 0 Å². The Bertz CT molecular complexity index is 192. The number of nitrogens with one attached hydrogen (secondary N) is 1. The van der Waals surface area contributed by atoms with Crippen molar-refractivity contribution in [2.24, 2.45) is 0 Å². The molecule has 1 aliphatic rings. The van der Waals surface area contributed by atoms with E-state index in [1.54, 1.807) is 0 Å². The van der Waals surface area contributed by atoms with Crippen LogP contribution < -0.4 is 5.32 Å². The Labute approximate surface area is 94.2 Å². The summed E-state index contributed by atoms with van der Waals surface area (Å²) in [4.78, 5) is 2.22. The first kappa shape index (κ1) is 12.9. The quantitative estimate of drug-likeness (QED) is 0.767. The number of likely N-dealkylation sites (N-methyl/N-ethyl adjacent to an activating group) is 1. The van der Waals surface area contributed by atoms with Crippen molar-refractivity contribution in [3.63, 3.8) is 0 Å². The number of ether oxygens (including phenoxy) is 1. The third kappa shape index (κ3) is 4.09. The molecule has 0 aromatic heterocycles. The molecule has 1 aliphatic heterocycles. The predicted octanol–water partition coefficient (Wildman–Crippen LogP) is 1.48. The van der Waals surface area contributed by atoms with E-state index in [4.69, 9.17) is 4.74 Å². The van der Waals surface area contributed by atoms with Crippen molar-refractivity contribution >= 4 is 0 Å². The Balaban J connectivity index is 2.30. The van der Waals surface area contributed by atoms with E-state index in [9.17, 15) is 0 Å². The Morgan fingerprint density at radius 1 is 1.40 bits per heavy atom. The van der Waals surface area contributed by atoms with E-state index in [1.807, 2.05) is 0 Å². The molecule has 1 heterocycles. The van der Waals surface area contributed by atoms with Crippen molar-refractivity contribution in [1.29, 1.82) is 0 Å². The SMILES string of the molecule is CC1CC(OCC(C)(C)N(C)C)CCN1. The highest BCUT2D eigenvalue weighted by molar-refractivity contribution is 4.80. The van der Waals surface area contributed by atoms with Crippen molar-refractivity contribution in [2.45, 2.75) is 51.3 Å². The lowest BCUT2D eigenvalue weighted by Crippen LogP contribution is -2.45. The summed E-state index contributed by atoms with van der Waals surface area (Å²) in [5.74, 6) is 0. The second-order valence-electron chi connectivity index (χ2n) is 5.52. The second-order valence-corrected chi connectivity index (χ2v) is 5.52. The van der Waals surface area contributed by atoms with Crippen molar-refractivity contribution in [1.82, 2.24) is 10.2 Å². The smallest absolute Gasteiger partial charge is 0.0648 e. The molecule has 3 heteroatoms. The molecular weight excluding hydrogens is 188 g/mol. The zero-order valence-corrected chi connectivity index (χ0v) is 10.8. The van der Waals surface area contributed by atoms with E-state index in [0.29, 0.717) is 12.1 Å². The van der Waals surface area contributed by atoms with Gasteiger partial charge in [0.2, 0.25) is 0 Å². The number of rotatable bonds is 4. The molecule has 1 rings (SSSR count). The summed E-state index contributed by atoms with van der Waals surface area (Å²) < 4.78 is 6.00. The van der Waals surface area contributed by atoms with Gasteiger partial charge >= 0.3 is 0 Å². The van der Waals surface area contributed by atoms with Crippen LogP contribution in [0.25, 0.3) is 0 Å². The Kier molecular flexibility index (Phi) is 4.56. The molecule has 0 radical (unpaired) electrons.